The van der Waals surface area contributed by atoms with Crippen LogP contribution >= 0.6 is 0 Å². The molecule has 0 radical (unpaired) electrons. The first-order valence-electron chi connectivity index (χ1n) is 21.6. The first kappa shape index (κ1) is 51.5. The SMILES string of the molecule is Cc1nc(-c2ccc(C(C)(C)C)cc2)ncc1C(=O)N[C@@H](CCN)C(=O)N(C)[C@@H]1C(=O)N[C@@H](C)C(=O)N[C@H](C(=O)NCS(=O)(=O)O)Cc2ccc(OCCN)c(c2)-c2cc1ccc2OCCN. The second kappa shape index (κ2) is 22.3. The molecule has 1 aromatic heterocycles. The van der Waals surface area contributed by atoms with Crippen molar-refractivity contribution in [3.63, 3.8) is 0 Å². The molecule has 1 aliphatic rings. The van der Waals surface area contributed by atoms with Gasteiger partial charge in [0, 0.05) is 49.4 Å². The van der Waals surface area contributed by atoms with Crippen molar-refractivity contribution in [3.8, 4) is 34.0 Å². The normalized spacial score (nSPS) is 17.0. The molecule has 4 bridgehead atoms. The highest BCUT2D eigenvalue weighted by molar-refractivity contribution is 7.85. The summed E-state index contributed by atoms with van der Waals surface area (Å²) in [6, 6.07) is 12.1. The lowest BCUT2D eigenvalue weighted by molar-refractivity contribution is -0.141. The zero-order valence-corrected chi connectivity index (χ0v) is 39.2. The van der Waals surface area contributed by atoms with E-state index in [4.69, 9.17) is 26.7 Å². The number of aromatic nitrogens is 2. The van der Waals surface area contributed by atoms with Gasteiger partial charge < -0.3 is 52.8 Å². The molecule has 0 fully saturated rings. The van der Waals surface area contributed by atoms with Gasteiger partial charge in [0.25, 0.3) is 16.0 Å². The second-order valence-corrected chi connectivity index (χ2v) is 18.6. The number of amides is 5. The van der Waals surface area contributed by atoms with E-state index in [0.29, 0.717) is 39.7 Å². The molecular weight excluding hydrogens is 885 g/mol. The third kappa shape index (κ3) is 13.3. The van der Waals surface area contributed by atoms with Crippen molar-refractivity contribution in [2.45, 2.75) is 77.0 Å². The van der Waals surface area contributed by atoms with Crippen LogP contribution in [0.25, 0.3) is 22.5 Å². The van der Waals surface area contributed by atoms with Gasteiger partial charge in [0.05, 0.1) is 11.3 Å². The van der Waals surface area contributed by atoms with E-state index in [0.717, 1.165) is 16.0 Å². The Bertz CT molecular complexity index is 2570. The standard InChI is InChI=1S/C46H60N10O10S/c1-26-34(24-50-40(52-26)29-8-11-31(12-9-29)46(3,4)5)42(58)54-35(15-16-47)45(61)56(6)39-30-10-14-38(66-20-18-49)33(23-30)32-21-28(7-13-37(32)65-19-17-48)22-36(43(59)51-25-67(62,63)64)55-41(57)27(2)53-44(39)60/h7-14,21,23-24,27,35-36,39H,15-20,22,25,47-49H2,1-6H3,(H,51,59)(H,53,60)(H,54,58)(H,55,57)(H,62,63,64)/t27-,35-,36-,39-/m0/s1. The van der Waals surface area contributed by atoms with Crippen molar-refractivity contribution in [2.75, 3.05) is 45.8 Å². The molecule has 0 saturated carbocycles. The number of fused-ring (bicyclic) bond motifs is 5. The molecule has 4 aromatic rings. The summed E-state index contributed by atoms with van der Waals surface area (Å²) in [5, 5.41) is 10.1. The minimum atomic E-state index is -4.64. The molecule has 5 amide bonds. The van der Waals surface area contributed by atoms with Gasteiger partial charge in [0.2, 0.25) is 23.6 Å². The lowest BCUT2D eigenvalue weighted by atomic mass is 9.87. The van der Waals surface area contributed by atoms with Crippen molar-refractivity contribution in [1.29, 1.82) is 0 Å². The fourth-order valence-electron chi connectivity index (χ4n) is 7.35. The predicted octanol–water partition coefficient (Wildman–Crippen LogP) is 1.25. The zero-order chi connectivity index (χ0) is 49.2. The van der Waals surface area contributed by atoms with Gasteiger partial charge >= 0.3 is 0 Å². The monoisotopic (exact) mass is 944 g/mol. The van der Waals surface area contributed by atoms with Gasteiger partial charge in [-0.15, -0.1) is 0 Å². The lowest BCUT2D eigenvalue weighted by Gasteiger charge is -2.32. The van der Waals surface area contributed by atoms with E-state index in [1.165, 1.54) is 20.2 Å². The van der Waals surface area contributed by atoms with Crippen molar-refractivity contribution in [1.82, 2.24) is 36.1 Å². The van der Waals surface area contributed by atoms with Crippen LogP contribution in [0.5, 0.6) is 11.5 Å². The highest BCUT2D eigenvalue weighted by Gasteiger charge is 2.36. The number of benzene rings is 3. The summed E-state index contributed by atoms with van der Waals surface area (Å²) in [7, 11) is -3.27. The maximum Gasteiger partial charge on any atom is 0.283 e. The largest absolute Gasteiger partial charge is 0.492 e. The average Bonchev–Trinajstić information content (AvgIpc) is 3.28. The molecular formula is C46H60N10O10S. The van der Waals surface area contributed by atoms with E-state index in [-0.39, 0.29) is 62.2 Å². The molecule has 5 rings (SSSR count). The molecule has 1 aliphatic heterocycles. The molecule has 4 atom stereocenters. The van der Waals surface area contributed by atoms with Gasteiger partial charge in [-0.1, -0.05) is 57.2 Å². The van der Waals surface area contributed by atoms with Crippen molar-refractivity contribution >= 4 is 39.7 Å². The number of carbonyl (C=O) groups is 5. The molecule has 2 heterocycles. The highest BCUT2D eigenvalue weighted by Crippen LogP contribution is 2.40. The first-order valence-corrected chi connectivity index (χ1v) is 23.2. The third-order valence-electron chi connectivity index (χ3n) is 10.9. The number of nitrogens with two attached hydrogens (primary N) is 3. The fourth-order valence-corrected chi connectivity index (χ4v) is 7.67. The molecule has 67 heavy (non-hydrogen) atoms. The van der Waals surface area contributed by atoms with Gasteiger partial charge in [-0.3, -0.25) is 28.5 Å². The Balaban J connectivity index is 1.56. The second-order valence-electron chi connectivity index (χ2n) is 17.1. The summed E-state index contributed by atoms with van der Waals surface area (Å²) in [4.78, 5) is 80.4. The number of ether oxygens (including phenoxy) is 2. The van der Waals surface area contributed by atoms with Gasteiger partial charge in [0.15, 0.2) is 5.82 Å². The lowest BCUT2D eigenvalue weighted by Crippen LogP contribution is -2.56. The smallest absolute Gasteiger partial charge is 0.283 e. The topological polar surface area (TPSA) is 313 Å². The molecule has 0 saturated heterocycles. The molecule has 0 unspecified atom stereocenters. The van der Waals surface area contributed by atoms with E-state index in [1.807, 2.05) is 24.3 Å². The van der Waals surface area contributed by atoms with Crippen LogP contribution in [0.3, 0.4) is 0 Å². The van der Waals surface area contributed by atoms with Gasteiger partial charge in [-0.05, 0) is 73.2 Å². The number of carbonyl (C=O) groups excluding carboxylic acids is 5. The van der Waals surface area contributed by atoms with Gasteiger partial charge in [0.1, 0.15) is 54.8 Å². The van der Waals surface area contributed by atoms with Crippen LogP contribution in [-0.4, -0.2) is 121 Å². The minimum Gasteiger partial charge on any atom is -0.492 e. The molecule has 0 spiro atoms. The van der Waals surface area contributed by atoms with Crippen LogP contribution in [0.4, 0.5) is 0 Å². The Morgan fingerprint density at radius 2 is 1.54 bits per heavy atom. The van der Waals surface area contributed by atoms with Crippen molar-refractivity contribution in [2.24, 2.45) is 17.2 Å². The molecule has 3 aromatic carbocycles. The number of nitrogens with zero attached hydrogens (tertiary/aromatic N) is 3. The van der Waals surface area contributed by atoms with E-state index < -0.39 is 69.7 Å². The average molecular weight is 945 g/mol. The molecule has 0 aliphatic carbocycles. The number of likely N-dealkylation sites (N-methyl/N-ethyl adjacent to an activating group) is 1. The maximum absolute atomic E-state index is 14.6. The summed E-state index contributed by atoms with van der Waals surface area (Å²) >= 11 is 0. The van der Waals surface area contributed by atoms with E-state index in [2.05, 4.69) is 52.0 Å². The Morgan fingerprint density at radius 1 is 0.910 bits per heavy atom. The summed E-state index contributed by atoms with van der Waals surface area (Å²) in [5.74, 6) is -4.06. The highest BCUT2D eigenvalue weighted by atomic mass is 32.2. The van der Waals surface area contributed by atoms with Crippen LogP contribution in [-0.2, 0) is 41.1 Å². The van der Waals surface area contributed by atoms with Crippen LogP contribution in [0, 0.1) is 6.92 Å². The third-order valence-corrected chi connectivity index (χ3v) is 11.4. The molecule has 11 N–H and O–H groups in total. The zero-order valence-electron chi connectivity index (χ0n) is 38.4. The van der Waals surface area contributed by atoms with Crippen molar-refractivity contribution < 1.29 is 46.4 Å². The Kier molecular flexibility index (Phi) is 17.1. The minimum absolute atomic E-state index is 0.0319. The fraction of sp³-hybridized carbons (Fsp3) is 0.413. The van der Waals surface area contributed by atoms with E-state index >= 15 is 0 Å². The summed E-state index contributed by atoms with van der Waals surface area (Å²) < 4.78 is 44.5. The Labute approximate surface area is 389 Å². The number of aryl methyl sites for hydroxylation is 1. The number of hydrogen-bond donors (Lipinski definition) is 8. The van der Waals surface area contributed by atoms with Crippen LogP contribution in [0.15, 0.2) is 66.9 Å². The summed E-state index contributed by atoms with van der Waals surface area (Å²) in [6.45, 7) is 9.79. The first-order chi connectivity index (χ1) is 31.6. The van der Waals surface area contributed by atoms with Crippen LogP contribution in [0.2, 0.25) is 0 Å². The quantitative estimate of drug-likeness (QED) is 0.0733. The maximum atomic E-state index is 14.6. The molecule has 360 valence electrons. The van der Waals surface area contributed by atoms with E-state index in [9.17, 15) is 36.9 Å². The van der Waals surface area contributed by atoms with Gasteiger partial charge in [-0.25, -0.2) is 9.97 Å². The number of hydrogen-bond acceptors (Lipinski definition) is 14. The van der Waals surface area contributed by atoms with Crippen LogP contribution in [0.1, 0.15) is 72.9 Å². The Morgan fingerprint density at radius 3 is 2.12 bits per heavy atom. The van der Waals surface area contributed by atoms with Gasteiger partial charge in [-0.2, -0.15) is 8.42 Å². The number of rotatable bonds is 16. The number of nitrogens with one attached hydrogen (secondary N) is 4. The van der Waals surface area contributed by atoms with E-state index in [1.54, 1.807) is 43.3 Å². The van der Waals surface area contributed by atoms with Crippen molar-refractivity contribution in [3.05, 3.63) is 94.8 Å². The summed E-state index contributed by atoms with van der Waals surface area (Å²) in [6.07, 6.45) is 1.17. The Hall–Kier alpha value is -6.52. The van der Waals surface area contributed by atoms with Crippen LogP contribution < -0.4 is 47.9 Å². The summed E-state index contributed by atoms with van der Waals surface area (Å²) in [5.41, 5.74) is 21.4. The molecule has 20 nitrogen and oxygen atoms in total. The molecule has 21 heteroatoms. The predicted molar refractivity (Wildman–Crippen MR) is 250 cm³/mol.